The Morgan fingerprint density at radius 2 is 1.17 bits per heavy atom. The second kappa shape index (κ2) is 4.79. The molecule has 0 fully saturated rings. The van der Waals surface area contributed by atoms with E-state index in [2.05, 4.69) is 35.1 Å². The molecule has 1 aromatic rings. The Kier molecular flexibility index (Phi) is 3.63. The van der Waals surface area contributed by atoms with Crippen molar-refractivity contribution in [2.45, 2.75) is 0 Å². The summed E-state index contributed by atoms with van der Waals surface area (Å²) in [6.07, 6.45) is 0. The first-order valence-corrected chi connectivity index (χ1v) is 4.31. The lowest BCUT2D eigenvalue weighted by molar-refractivity contribution is 1.64. The largest absolute Gasteiger partial charge is 0.353 e. The van der Waals surface area contributed by atoms with Gasteiger partial charge in [-0.3, -0.25) is 0 Å². The summed E-state index contributed by atoms with van der Waals surface area (Å²) in [6.45, 7) is 0. The van der Waals surface area contributed by atoms with E-state index < -0.39 is 0 Å². The zero-order valence-corrected chi connectivity index (χ0v) is 7.91. The molecule has 62 valence electrons. The maximum absolute atomic E-state index is 4.64. The summed E-state index contributed by atoms with van der Waals surface area (Å²) < 4.78 is 0. The zero-order valence-electron chi connectivity index (χ0n) is 6.28. The third-order valence-electron chi connectivity index (χ3n) is 1.34. The molecule has 0 aliphatic carbocycles. The van der Waals surface area contributed by atoms with Crippen LogP contribution in [0.1, 0.15) is 0 Å². The van der Waals surface area contributed by atoms with Gasteiger partial charge >= 0.3 is 0 Å². The highest BCUT2D eigenvalue weighted by Crippen LogP contribution is 2.11. The van der Waals surface area contributed by atoms with Crippen molar-refractivity contribution in [3.8, 4) is 0 Å². The summed E-state index contributed by atoms with van der Waals surface area (Å²) >= 11 is 9.29. The van der Waals surface area contributed by atoms with Gasteiger partial charge in [0.1, 0.15) is 0 Å². The highest BCUT2D eigenvalue weighted by Gasteiger charge is 1.89. The van der Waals surface area contributed by atoms with Crippen molar-refractivity contribution in [2.24, 2.45) is 0 Å². The van der Waals surface area contributed by atoms with Crippen LogP contribution in [0, 0.1) is 0 Å². The van der Waals surface area contributed by atoms with E-state index in [9.17, 15) is 0 Å². The van der Waals surface area contributed by atoms with Crippen molar-refractivity contribution in [3.05, 3.63) is 24.3 Å². The minimum Gasteiger partial charge on any atom is -0.353 e. The van der Waals surface area contributed by atoms with E-state index >= 15 is 0 Å². The van der Waals surface area contributed by atoms with Crippen molar-refractivity contribution in [3.63, 3.8) is 0 Å². The molecule has 0 spiro atoms. The first-order valence-electron chi connectivity index (χ1n) is 3.37. The standard InChI is InChI=1S/C8H8N2S2/c11-5-9-7-1-2-8(4-3-7)10-6-12/h1-6H,(H,9,11)(H,10,12). The molecule has 0 unspecified atom stereocenters. The van der Waals surface area contributed by atoms with Gasteiger partial charge in [0.25, 0.3) is 0 Å². The van der Waals surface area contributed by atoms with Gasteiger partial charge in [-0.15, -0.1) is 0 Å². The van der Waals surface area contributed by atoms with Crippen LogP contribution in [-0.4, -0.2) is 11.0 Å². The molecule has 0 aliphatic heterocycles. The minimum atomic E-state index is 0.972. The molecule has 4 heteroatoms. The molecular formula is C8H8N2S2. The molecule has 0 aliphatic rings. The lowest BCUT2D eigenvalue weighted by Crippen LogP contribution is -1.94. The van der Waals surface area contributed by atoms with E-state index in [-0.39, 0.29) is 0 Å². The first-order chi connectivity index (χ1) is 5.86. The molecule has 12 heavy (non-hydrogen) atoms. The van der Waals surface area contributed by atoms with E-state index in [1.54, 1.807) is 0 Å². The molecule has 2 nitrogen and oxygen atoms in total. The fraction of sp³-hybridized carbons (Fsp3) is 0. The van der Waals surface area contributed by atoms with Crippen LogP contribution in [0.2, 0.25) is 0 Å². The molecule has 0 heterocycles. The molecule has 0 saturated heterocycles. The summed E-state index contributed by atoms with van der Waals surface area (Å²) in [5.41, 5.74) is 4.89. The molecule has 0 bridgehead atoms. The van der Waals surface area contributed by atoms with Crippen LogP contribution in [0.25, 0.3) is 0 Å². The molecule has 0 saturated carbocycles. The average Bonchev–Trinajstić information content (AvgIpc) is 2.09. The first kappa shape index (κ1) is 9.09. The van der Waals surface area contributed by atoms with Gasteiger partial charge in [-0.25, -0.2) is 0 Å². The van der Waals surface area contributed by atoms with Crippen LogP contribution in [0.3, 0.4) is 0 Å². The second-order valence-corrected chi connectivity index (χ2v) is 2.57. The molecular weight excluding hydrogens is 188 g/mol. The lowest BCUT2D eigenvalue weighted by atomic mass is 10.3. The van der Waals surface area contributed by atoms with Crippen LogP contribution in [0.5, 0.6) is 0 Å². The number of thiocarbonyl (C=S) groups is 2. The molecule has 0 atom stereocenters. The van der Waals surface area contributed by atoms with Crippen LogP contribution >= 0.6 is 24.4 Å². The van der Waals surface area contributed by atoms with Gasteiger partial charge in [-0.1, -0.05) is 24.4 Å². The topological polar surface area (TPSA) is 24.1 Å². The smallest absolute Gasteiger partial charge is 0.0658 e. The van der Waals surface area contributed by atoms with E-state index in [1.807, 2.05) is 24.3 Å². The fourth-order valence-corrected chi connectivity index (χ4v) is 1.07. The minimum absolute atomic E-state index is 0.972. The van der Waals surface area contributed by atoms with Gasteiger partial charge in [0.05, 0.1) is 11.0 Å². The van der Waals surface area contributed by atoms with Crippen molar-refractivity contribution in [1.29, 1.82) is 0 Å². The monoisotopic (exact) mass is 196 g/mol. The van der Waals surface area contributed by atoms with Crippen molar-refractivity contribution < 1.29 is 0 Å². The summed E-state index contributed by atoms with van der Waals surface area (Å²) in [6, 6.07) is 7.68. The van der Waals surface area contributed by atoms with Crippen LogP contribution in [0.4, 0.5) is 11.4 Å². The summed E-state index contributed by atoms with van der Waals surface area (Å²) in [5.74, 6) is 0. The predicted octanol–water partition coefficient (Wildman–Crippen LogP) is 2.42. The van der Waals surface area contributed by atoms with Gasteiger partial charge in [0, 0.05) is 11.4 Å². The van der Waals surface area contributed by atoms with Crippen LogP contribution in [0.15, 0.2) is 24.3 Å². The van der Waals surface area contributed by atoms with E-state index in [0.717, 1.165) is 11.4 Å². The van der Waals surface area contributed by atoms with Crippen molar-refractivity contribution in [1.82, 2.24) is 0 Å². The van der Waals surface area contributed by atoms with Gasteiger partial charge in [-0.05, 0) is 24.3 Å². The summed E-state index contributed by atoms with van der Waals surface area (Å²) in [7, 11) is 0. The van der Waals surface area contributed by atoms with Crippen molar-refractivity contribution in [2.75, 3.05) is 10.6 Å². The summed E-state index contributed by atoms with van der Waals surface area (Å²) in [4.78, 5) is 0. The maximum Gasteiger partial charge on any atom is 0.0658 e. The quantitative estimate of drug-likeness (QED) is 0.722. The second-order valence-electron chi connectivity index (χ2n) is 2.10. The number of rotatable bonds is 4. The van der Waals surface area contributed by atoms with E-state index in [0.29, 0.717) is 0 Å². The number of benzene rings is 1. The number of hydrogen-bond acceptors (Lipinski definition) is 2. The molecule has 2 N–H and O–H groups in total. The Balaban J connectivity index is 2.70. The van der Waals surface area contributed by atoms with E-state index in [1.165, 1.54) is 11.0 Å². The van der Waals surface area contributed by atoms with Gasteiger partial charge in [0.2, 0.25) is 0 Å². The Labute approximate surface area is 82.0 Å². The zero-order chi connectivity index (χ0) is 8.81. The maximum atomic E-state index is 4.64. The average molecular weight is 196 g/mol. The molecule has 0 amide bonds. The molecule has 0 radical (unpaired) electrons. The lowest BCUT2D eigenvalue weighted by Gasteiger charge is -2.01. The molecule has 0 aromatic heterocycles. The fourth-order valence-electron chi connectivity index (χ4n) is 0.799. The Morgan fingerprint density at radius 3 is 1.42 bits per heavy atom. The third-order valence-corrected chi connectivity index (χ3v) is 1.57. The number of hydrogen-bond donors (Lipinski definition) is 2. The normalized spacial score (nSPS) is 8.67. The van der Waals surface area contributed by atoms with Gasteiger partial charge in [-0.2, -0.15) is 0 Å². The molecule has 1 rings (SSSR count). The third kappa shape index (κ3) is 2.56. The Bertz CT molecular complexity index is 240. The van der Waals surface area contributed by atoms with Crippen LogP contribution < -0.4 is 10.6 Å². The summed E-state index contributed by atoms with van der Waals surface area (Å²) in [5, 5.41) is 5.81. The highest BCUT2D eigenvalue weighted by molar-refractivity contribution is 7.79. The van der Waals surface area contributed by atoms with Gasteiger partial charge < -0.3 is 10.6 Å². The van der Waals surface area contributed by atoms with Crippen LogP contribution in [-0.2, 0) is 0 Å². The van der Waals surface area contributed by atoms with E-state index in [4.69, 9.17) is 0 Å². The van der Waals surface area contributed by atoms with Crippen molar-refractivity contribution >= 4 is 46.8 Å². The Hall–Kier alpha value is -1.00. The molecule has 1 aromatic carbocycles. The highest BCUT2D eigenvalue weighted by atomic mass is 32.1. The predicted molar refractivity (Wildman–Crippen MR) is 61.0 cm³/mol. The number of anilines is 2. The van der Waals surface area contributed by atoms with Gasteiger partial charge in [0.15, 0.2) is 0 Å². The Morgan fingerprint density at radius 1 is 0.833 bits per heavy atom. The number of nitrogens with one attached hydrogen (secondary N) is 2. The SMILES string of the molecule is S=CNc1ccc(NC=S)cc1.